The standard InChI is InChI=1S/C18H19F2NO3/c19-18(20)24-16-8-6-14(7-9-16)10-12-21-17(22)11-13-23-15-4-2-1-3-5-15/h1-9,18H,10-13H2,(H,21,22). The Hall–Kier alpha value is -2.63. The molecule has 4 nitrogen and oxygen atoms in total. The van der Waals surface area contributed by atoms with Gasteiger partial charge in [0.25, 0.3) is 0 Å². The predicted molar refractivity (Wildman–Crippen MR) is 86.3 cm³/mol. The van der Waals surface area contributed by atoms with Gasteiger partial charge in [0.05, 0.1) is 13.0 Å². The van der Waals surface area contributed by atoms with E-state index in [-0.39, 0.29) is 18.1 Å². The summed E-state index contributed by atoms with van der Waals surface area (Å²) in [6, 6.07) is 15.7. The lowest BCUT2D eigenvalue weighted by atomic mass is 10.1. The lowest BCUT2D eigenvalue weighted by Crippen LogP contribution is -2.27. The number of benzene rings is 2. The van der Waals surface area contributed by atoms with Crippen LogP contribution in [0.5, 0.6) is 11.5 Å². The molecule has 0 radical (unpaired) electrons. The van der Waals surface area contributed by atoms with Gasteiger partial charge in [0, 0.05) is 6.54 Å². The van der Waals surface area contributed by atoms with Crippen LogP contribution in [0.3, 0.4) is 0 Å². The molecule has 1 N–H and O–H groups in total. The first-order valence-corrected chi connectivity index (χ1v) is 7.62. The van der Waals surface area contributed by atoms with Crippen LogP contribution in [0.4, 0.5) is 8.78 Å². The van der Waals surface area contributed by atoms with Gasteiger partial charge in [-0.15, -0.1) is 0 Å². The molecule has 1 amide bonds. The van der Waals surface area contributed by atoms with Gasteiger partial charge in [0.15, 0.2) is 0 Å². The van der Waals surface area contributed by atoms with Crippen molar-refractivity contribution in [2.75, 3.05) is 13.2 Å². The van der Waals surface area contributed by atoms with E-state index in [2.05, 4.69) is 10.1 Å². The van der Waals surface area contributed by atoms with Crippen molar-refractivity contribution >= 4 is 5.91 Å². The lowest BCUT2D eigenvalue weighted by Gasteiger charge is -2.08. The van der Waals surface area contributed by atoms with Crippen LogP contribution in [-0.2, 0) is 11.2 Å². The van der Waals surface area contributed by atoms with Crippen LogP contribution < -0.4 is 14.8 Å². The number of nitrogens with one attached hydrogen (secondary N) is 1. The molecule has 0 spiro atoms. The van der Waals surface area contributed by atoms with Gasteiger partial charge in [-0.05, 0) is 36.2 Å². The normalized spacial score (nSPS) is 10.5. The van der Waals surface area contributed by atoms with Crippen LogP contribution in [0.15, 0.2) is 54.6 Å². The maximum atomic E-state index is 12.0. The minimum Gasteiger partial charge on any atom is -0.493 e. The second-order valence-electron chi connectivity index (χ2n) is 5.03. The summed E-state index contributed by atoms with van der Waals surface area (Å²) in [5.74, 6) is 0.760. The molecule has 2 aromatic carbocycles. The monoisotopic (exact) mass is 335 g/mol. The Kier molecular flexibility index (Phi) is 7.01. The molecule has 0 aliphatic carbocycles. The fraction of sp³-hybridized carbons (Fsp3) is 0.278. The quantitative estimate of drug-likeness (QED) is 0.764. The van der Waals surface area contributed by atoms with Crippen LogP contribution in [0.25, 0.3) is 0 Å². The summed E-state index contributed by atoms with van der Waals surface area (Å²) in [5.41, 5.74) is 0.928. The number of ether oxygens (including phenoxy) is 2. The number of alkyl halides is 2. The third kappa shape index (κ3) is 6.64. The molecule has 128 valence electrons. The summed E-state index contributed by atoms with van der Waals surface area (Å²) in [7, 11) is 0. The molecule has 24 heavy (non-hydrogen) atoms. The number of para-hydroxylation sites is 1. The summed E-state index contributed by atoms with van der Waals surface area (Å²) in [6.45, 7) is -2.04. The maximum Gasteiger partial charge on any atom is 0.387 e. The van der Waals surface area contributed by atoms with E-state index in [4.69, 9.17) is 4.74 Å². The first-order valence-electron chi connectivity index (χ1n) is 7.62. The molecule has 2 aromatic rings. The summed E-state index contributed by atoms with van der Waals surface area (Å²) in [4.78, 5) is 11.7. The molecule has 0 heterocycles. The Morgan fingerprint density at radius 3 is 2.38 bits per heavy atom. The van der Waals surface area contributed by atoms with Crippen LogP contribution in [0.2, 0.25) is 0 Å². The van der Waals surface area contributed by atoms with Crippen molar-refractivity contribution in [2.45, 2.75) is 19.5 Å². The van der Waals surface area contributed by atoms with Crippen LogP contribution in [0.1, 0.15) is 12.0 Å². The first kappa shape index (κ1) is 17.7. The predicted octanol–water partition coefficient (Wildman–Crippen LogP) is 3.42. The highest BCUT2D eigenvalue weighted by molar-refractivity contribution is 5.75. The molecule has 0 aliphatic heterocycles. The van der Waals surface area contributed by atoms with E-state index >= 15 is 0 Å². The SMILES string of the molecule is O=C(CCOc1ccccc1)NCCc1ccc(OC(F)F)cc1. The van der Waals surface area contributed by atoms with Crippen molar-refractivity contribution in [3.05, 3.63) is 60.2 Å². The second-order valence-corrected chi connectivity index (χ2v) is 5.03. The van der Waals surface area contributed by atoms with Crippen molar-refractivity contribution in [3.63, 3.8) is 0 Å². The van der Waals surface area contributed by atoms with Gasteiger partial charge < -0.3 is 14.8 Å². The summed E-state index contributed by atoms with van der Waals surface area (Å²) >= 11 is 0. The van der Waals surface area contributed by atoms with E-state index in [0.717, 1.165) is 11.3 Å². The van der Waals surface area contributed by atoms with Gasteiger partial charge in [0.1, 0.15) is 11.5 Å². The number of hydrogen-bond acceptors (Lipinski definition) is 3. The molecule has 0 saturated heterocycles. The van der Waals surface area contributed by atoms with Gasteiger partial charge in [0.2, 0.25) is 5.91 Å². The van der Waals surface area contributed by atoms with Gasteiger partial charge in [-0.2, -0.15) is 8.78 Å². The van der Waals surface area contributed by atoms with Crippen LogP contribution >= 0.6 is 0 Å². The van der Waals surface area contributed by atoms with Gasteiger partial charge in [-0.3, -0.25) is 4.79 Å². The zero-order valence-electron chi connectivity index (χ0n) is 13.1. The van der Waals surface area contributed by atoms with Crippen molar-refractivity contribution < 1.29 is 23.0 Å². The minimum atomic E-state index is -2.83. The minimum absolute atomic E-state index is 0.0939. The van der Waals surface area contributed by atoms with E-state index in [1.165, 1.54) is 12.1 Å². The van der Waals surface area contributed by atoms with Crippen molar-refractivity contribution in [1.29, 1.82) is 0 Å². The fourth-order valence-electron chi connectivity index (χ4n) is 2.05. The third-order valence-corrected chi connectivity index (χ3v) is 3.23. The van der Waals surface area contributed by atoms with Gasteiger partial charge >= 0.3 is 6.61 Å². The number of amides is 1. The van der Waals surface area contributed by atoms with E-state index < -0.39 is 6.61 Å². The zero-order chi connectivity index (χ0) is 17.2. The van der Waals surface area contributed by atoms with Gasteiger partial charge in [-0.1, -0.05) is 30.3 Å². The molecule has 0 aromatic heterocycles. The van der Waals surface area contributed by atoms with E-state index in [1.54, 1.807) is 12.1 Å². The van der Waals surface area contributed by atoms with Crippen LogP contribution in [0, 0.1) is 0 Å². The van der Waals surface area contributed by atoms with E-state index in [0.29, 0.717) is 19.6 Å². The summed E-state index contributed by atoms with van der Waals surface area (Å²) < 4.78 is 33.8. The number of carbonyl (C=O) groups excluding carboxylic acids is 1. The molecule has 0 saturated carbocycles. The van der Waals surface area contributed by atoms with Crippen molar-refractivity contribution in [2.24, 2.45) is 0 Å². The molecule has 6 heteroatoms. The molecule has 0 atom stereocenters. The van der Waals surface area contributed by atoms with Crippen molar-refractivity contribution in [3.8, 4) is 11.5 Å². The highest BCUT2D eigenvalue weighted by atomic mass is 19.3. The number of halogens is 2. The first-order chi connectivity index (χ1) is 11.6. The summed E-state index contributed by atoms with van der Waals surface area (Å²) in [6.07, 6.45) is 0.885. The number of hydrogen-bond donors (Lipinski definition) is 1. The number of rotatable bonds is 9. The Morgan fingerprint density at radius 1 is 1.00 bits per heavy atom. The highest BCUT2D eigenvalue weighted by Gasteiger charge is 2.04. The smallest absolute Gasteiger partial charge is 0.387 e. The molecule has 0 unspecified atom stereocenters. The second kappa shape index (κ2) is 9.50. The average Bonchev–Trinajstić information content (AvgIpc) is 2.57. The fourth-order valence-corrected chi connectivity index (χ4v) is 2.05. The zero-order valence-corrected chi connectivity index (χ0v) is 13.1. The third-order valence-electron chi connectivity index (χ3n) is 3.23. The highest BCUT2D eigenvalue weighted by Crippen LogP contribution is 2.15. The topological polar surface area (TPSA) is 47.6 Å². The maximum absolute atomic E-state index is 12.0. The average molecular weight is 335 g/mol. The van der Waals surface area contributed by atoms with E-state index in [9.17, 15) is 13.6 Å². The number of carbonyl (C=O) groups is 1. The van der Waals surface area contributed by atoms with Crippen LogP contribution in [-0.4, -0.2) is 25.7 Å². The molecule has 0 fully saturated rings. The lowest BCUT2D eigenvalue weighted by molar-refractivity contribution is -0.121. The Morgan fingerprint density at radius 2 is 1.71 bits per heavy atom. The van der Waals surface area contributed by atoms with Crippen molar-refractivity contribution in [1.82, 2.24) is 5.32 Å². The van der Waals surface area contributed by atoms with Gasteiger partial charge in [-0.25, -0.2) is 0 Å². The Bertz CT molecular complexity index is 618. The molecule has 0 bridgehead atoms. The Balaban J connectivity index is 1.62. The molecular formula is C18H19F2NO3. The Labute approximate surface area is 139 Å². The summed E-state index contributed by atoms with van der Waals surface area (Å²) in [5, 5.41) is 2.79. The van der Waals surface area contributed by atoms with E-state index in [1.807, 2.05) is 30.3 Å². The largest absolute Gasteiger partial charge is 0.493 e. The molecular weight excluding hydrogens is 316 g/mol. The molecule has 2 rings (SSSR count). The molecule has 0 aliphatic rings.